The van der Waals surface area contributed by atoms with Gasteiger partial charge in [0.1, 0.15) is 20.0 Å². The quantitative estimate of drug-likeness (QED) is 0.154. The molecule has 0 saturated heterocycles. The first-order valence-corrected chi connectivity index (χ1v) is 16.2. The lowest BCUT2D eigenvalue weighted by Crippen LogP contribution is -2.41. The molecule has 0 amide bonds. The summed E-state index contributed by atoms with van der Waals surface area (Å²) in [6.45, 7) is -3.52. The van der Waals surface area contributed by atoms with Crippen molar-refractivity contribution in [1.82, 2.24) is 33.5 Å². The summed E-state index contributed by atoms with van der Waals surface area (Å²) in [5.74, 6) is -0.412. The second-order valence-electron chi connectivity index (χ2n) is 10.4. The third kappa shape index (κ3) is 6.74. The Labute approximate surface area is 253 Å². The molecule has 1 saturated carbocycles. The van der Waals surface area contributed by atoms with Crippen LogP contribution in [0, 0.1) is 0 Å². The molecule has 4 heterocycles. The van der Waals surface area contributed by atoms with E-state index in [4.69, 9.17) is 19.6 Å². The van der Waals surface area contributed by atoms with Crippen LogP contribution in [0.2, 0.25) is 0 Å². The van der Waals surface area contributed by atoms with E-state index in [1.54, 1.807) is 18.2 Å². The Balaban J connectivity index is 1.41. The minimum absolute atomic E-state index is 0.0350. The Morgan fingerprint density at radius 1 is 0.957 bits per heavy atom. The molecule has 0 bridgehead atoms. The summed E-state index contributed by atoms with van der Waals surface area (Å²) < 4.78 is 73.8. The van der Waals surface area contributed by atoms with E-state index in [9.17, 15) is 31.9 Å². The Morgan fingerprint density at radius 3 is 2.37 bits per heavy atom. The lowest BCUT2D eigenvalue weighted by atomic mass is 10.1. The molecule has 6 rings (SSSR count). The standard InChI is InChI=1S/C24H22F3N7O10P2/c25-24(26,27)10-33-19-5-13(1-2-14(19)8-29-33)15-6-16(15)20-7-18(30-21-3-4-28-34(20)21)17-9-31(11-43-45(37,38)39)23(36)32(22(17)35)12-44-46(40,41)42/h1-5,7-9,15-16H,6,10-12H2,(H2,37,38,39)(H2,40,41,42)/t15-,16+/m0/s1. The zero-order valence-corrected chi connectivity index (χ0v) is 24.8. The van der Waals surface area contributed by atoms with Gasteiger partial charge in [-0.1, -0.05) is 12.1 Å². The molecule has 1 aromatic carbocycles. The van der Waals surface area contributed by atoms with Gasteiger partial charge >= 0.3 is 27.5 Å². The SMILES string of the molecule is O=c1c(-c2cc([C@@H]3C[C@H]3c3ccc4cnn(CC(F)(F)F)c4c3)n3nccc3n2)cn(COP(=O)(O)O)c(=O)n1COP(=O)(O)O. The highest BCUT2D eigenvalue weighted by molar-refractivity contribution is 7.46. The van der Waals surface area contributed by atoms with Crippen molar-refractivity contribution in [2.24, 2.45) is 0 Å². The zero-order chi connectivity index (χ0) is 33.2. The first-order valence-electron chi connectivity index (χ1n) is 13.1. The number of fused-ring (bicyclic) bond motifs is 2. The van der Waals surface area contributed by atoms with E-state index in [1.807, 2.05) is 0 Å². The maximum absolute atomic E-state index is 13.4. The van der Waals surface area contributed by atoms with Crippen molar-refractivity contribution < 1.29 is 50.9 Å². The van der Waals surface area contributed by atoms with Gasteiger partial charge in [0.15, 0.2) is 5.65 Å². The monoisotopic (exact) mass is 687 g/mol. The van der Waals surface area contributed by atoms with Gasteiger partial charge in [0.2, 0.25) is 0 Å². The number of halogens is 3. The molecule has 22 heteroatoms. The van der Waals surface area contributed by atoms with Crippen LogP contribution in [0.1, 0.15) is 29.5 Å². The first kappa shape index (κ1) is 32.0. The fourth-order valence-electron chi connectivity index (χ4n) is 5.15. The van der Waals surface area contributed by atoms with Crippen LogP contribution >= 0.6 is 15.6 Å². The number of nitrogens with zero attached hydrogens (tertiary/aromatic N) is 7. The van der Waals surface area contributed by atoms with Gasteiger partial charge in [-0.05, 0) is 30.0 Å². The molecule has 2 atom stereocenters. The van der Waals surface area contributed by atoms with E-state index in [0.29, 0.717) is 32.2 Å². The number of hydrogen-bond donors (Lipinski definition) is 4. The van der Waals surface area contributed by atoms with Gasteiger partial charge in [-0.3, -0.25) is 23.1 Å². The second-order valence-corrected chi connectivity index (χ2v) is 12.9. The van der Waals surface area contributed by atoms with Crippen LogP contribution in [0.25, 0.3) is 27.8 Å². The third-order valence-corrected chi connectivity index (χ3v) is 8.12. The molecule has 1 aliphatic carbocycles. The van der Waals surface area contributed by atoms with Crippen LogP contribution in [-0.2, 0) is 38.2 Å². The smallest absolute Gasteiger partial charge is 0.303 e. The molecule has 0 spiro atoms. The van der Waals surface area contributed by atoms with Gasteiger partial charge in [-0.2, -0.15) is 23.4 Å². The number of alkyl halides is 3. The van der Waals surface area contributed by atoms with Crippen LogP contribution in [0.4, 0.5) is 13.2 Å². The second kappa shape index (κ2) is 11.4. The highest BCUT2D eigenvalue weighted by Gasteiger charge is 2.42. The van der Waals surface area contributed by atoms with Crippen LogP contribution in [-0.4, -0.2) is 59.3 Å². The number of phosphoric ester groups is 2. The Bertz CT molecular complexity index is 2200. The summed E-state index contributed by atoms with van der Waals surface area (Å²) in [6.07, 6.45) is -0.211. The Morgan fingerprint density at radius 2 is 1.67 bits per heavy atom. The van der Waals surface area contributed by atoms with E-state index >= 15 is 0 Å². The highest BCUT2D eigenvalue weighted by Crippen LogP contribution is 2.55. The van der Waals surface area contributed by atoms with Gasteiger partial charge in [0, 0.05) is 23.6 Å². The van der Waals surface area contributed by atoms with Crippen LogP contribution in [0.3, 0.4) is 0 Å². The third-order valence-electron chi connectivity index (χ3n) is 7.22. The molecule has 0 unspecified atom stereocenters. The number of aromatic nitrogens is 7. The summed E-state index contributed by atoms with van der Waals surface area (Å²) >= 11 is 0. The largest absolute Gasteiger partial charge is 0.471 e. The number of hydrogen-bond acceptors (Lipinski definition) is 9. The van der Waals surface area contributed by atoms with Crippen molar-refractivity contribution in [3.63, 3.8) is 0 Å². The summed E-state index contributed by atoms with van der Waals surface area (Å²) in [7, 11) is -10.3. The van der Waals surface area contributed by atoms with E-state index in [0.717, 1.165) is 16.4 Å². The lowest BCUT2D eigenvalue weighted by molar-refractivity contribution is -0.141. The number of rotatable bonds is 10. The van der Waals surface area contributed by atoms with Crippen molar-refractivity contribution in [3.05, 3.63) is 81.0 Å². The predicted octanol–water partition coefficient (Wildman–Crippen LogP) is 2.04. The molecular weight excluding hydrogens is 665 g/mol. The fraction of sp³-hybridized carbons (Fsp3) is 0.292. The van der Waals surface area contributed by atoms with Crippen molar-refractivity contribution in [1.29, 1.82) is 0 Å². The molecule has 46 heavy (non-hydrogen) atoms. The zero-order valence-electron chi connectivity index (χ0n) is 23.0. The maximum Gasteiger partial charge on any atom is 0.471 e. The van der Waals surface area contributed by atoms with Gasteiger partial charge < -0.3 is 19.6 Å². The molecule has 0 aliphatic heterocycles. The normalized spacial score (nSPS) is 17.3. The summed E-state index contributed by atoms with van der Waals surface area (Å²) in [5, 5.41) is 8.67. The van der Waals surface area contributed by atoms with Crippen LogP contribution in [0.15, 0.2) is 58.5 Å². The fourth-order valence-corrected chi connectivity index (χ4v) is 5.69. The molecule has 244 valence electrons. The summed E-state index contributed by atoms with van der Waals surface area (Å²) in [4.78, 5) is 67.2. The first-order chi connectivity index (χ1) is 21.5. The molecule has 0 radical (unpaired) electrons. The minimum Gasteiger partial charge on any atom is -0.303 e. The topological polar surface area (TPSA) is 226 Å². The van der Waals surface area contributed by atoms with E-state index in [-0.39, 0.29) is 28.7 Å². The molecular formula is C24H22F3N7O10P2. The Kier molecular flexibility index (Phi) is 7.89. The van der Waals surface area contributed by atoms with Crippen molar-refractivity contribution in [3.8, 4) is 11.3 Å². The van der Waals surface area contributed by atoms with Crippen LogP contribution in [0.5, 0.6) is 0 Å². The molecule has 17 nitrogen and oxygen atoms in total. The van der Waals surface area contributed by atoms with Crippen molar-refractivity contribution in [2.75, 3.05) is 0 Å². The minimum atomic E-state index is -5.17. The molecule has 1 fully saturated rings. The predicted molar refractivity (Wildman–Crippen MR) is 149 cm³/mol. The van der Waals surface area contributed by atoms with Gasteiger partial charge in [-0.25, -0.2) is 28.0 Å². The number of phosphoric acid groups is 2. The molecule has 1 aliphatic rings. The molecule has 4 aromatic heterocycles. The van der Waals surface area contributed by atoms with Crippen molar-refractivity contribution in [2.45, 2.75) is 44.4 Å². The highest BCUT2D eigenvalue weighted by atomic mass is 31.2. The van der Waals surface area contributed by atoms with E-state index in [1.165, 1.54) is 29.0 Å². The maximum atomic E-state index is 13.4. The average Bonchev–Trinajstić information content (AvgIpc) is 3.43. The number of benzene rings is 1. The Hall–Kier alpha value is -4.00. The molecule has 4 N–H and O–H groups in total. The van der Waals surface area contributed by atoms with Crippen LogP contribution < -0.4 is 11.2 Å². The average molecular weight is 687 g/mol. The summed E-state index contributed by atoms with van der Waals surface area (Å²) in [5.41, 5.74) is -0.861. The van der Waals surface area contributed by atoms with E-state index < -0.39 is 53.1 Å². The summed E-state index contributed by atoms with van der Waals surface area (Å²) in [6, 6.07) is 8.10. The van der Waals surface area contributed by atoms with Gasteiger partial charge in [-0.15, -0.1) is 0 Å². The lowest BCUT2D eigenvalue weighted by Gasteiger charge is -2.15. The van der Waals surface area contributed by atoms with E-state index in [2.05, 4.69) is 24.2 Å². The van der Waals surface area contributed by atoms with Crippen molar-refractivity contribution >= 4 is 32.2 Å². The van der Waals surface area contributed by atoms with Gasteiger partial charge in [0.25, 0.3) is 5.56 Å². The van der Waals surface area contributed by atoms with Gasteiger partial charge in [0.05, 0.1) is 34.9 Å². The molecule has 5 aromatic rings.